The Morgan fingerprint density at radius 3 is 2.68 bits per heavy atom. The van der Waals surface area contributed by atoms with Gasteiger partial charge < -0.3 is 15.4 Å². The molecule has 5 nitrogen and oxygen atoms in total. The van der Waals surface area contributed by atoms with Gasteiger partial charge in [0.15, 0.2) is 0 Å². The van der Waals surface area contributed by atoms with E-state index in [1.165, 1.54) is 25.7 Å². The molecule has 19 heavy (non-hydrogen) atoms. The van der Waals surface area contributed by atoms with Crippen molar-refractivity contribution in [3.8, 4) is 5.88 Å². The lowest BCUT2D eigenvalue weighted by Gasteiger charge is -2.30. The zero-order chi connectivity index (χ0) is 13.2. The average Bonchev–Trinajstić information content (AvgIpc) is 2.68. The summed E-state index contributed by atoms with van der Waals surface area (Å²) in [5.41, 5.74) is 0. The number of hydrogen-bond acceptors (Lipinski definition) is 5. The summed E-state index contributed by atoms with van der Waals surface area (Å²) < 4.78 is 5.60. The van der Waals surface area contributed by atoms with E-state index in [0.717, 1.165) is 5.82 Å². The van der Waals surface area contributed by atoms with Crippen molar-refractivity contribution in [2.24, 2.45) is 0 Å². The third-order valence-corrected chi connectivity index (χ3v) is 3.82. The highest BCUT2D eigenvalue weighted by Gasteiger charge is 2.33. The first-order valence-corrected chi connectivity index (χ1v) is 7.20. The second kappa shape index (κ2) is 5.33. The lowest BCUT2D eigenvalue weighted by molar-refractivity contribution is 0.232. The summed E-state index contributed by atoms with van der Waals surface area (Å²) >= 11 is 0. The Hall–Kier alpha value is -1.36. The fraction of sp³-hybridized carbons (Fsp3) is 0.714. The normalized spacial score (nSPS) is 29.5. The SMILES string of the molecule is CC(C)Oc1cc(NC2CC3CCC(C2)N3)ncn1. The smallest absolute Gasteiger partial charge is 0.218 e. The van der Waals surface area contributed by atoms with Crippen LogP contribution in [0.15, 0.2) is 12.4 Å². The minimum Gasteiger partial charge on any atom is -0.475 e. The third-order valence-electron chi connectivity index (χ3n) is 3.82. The maximum Gasteiger partial charge on any atom is 0.218 e. The largest absolute Gasteiger partial charge is 0.475 e. The molecular formula is C14H22N4O. The first-order chi connectivity index (χ1) is 9.19. The van der Waals surface area contributed by atoms with E-state index in [1.807, 2.05) is 19.9 Å². The van der Waals surface area contributed by atoms with Crippen LogP contribution in [-0.4, -0.2) is 34.2 Å². The van der Waals surface area contributed by atoms with Gasteiger partial charge in [0.1, 0.15) is 12.1 Å². The van der Waals surface area contributed by atoms with Gasteiger partial charge in [0.2, 0.25) is 5.88 Å². The highest BCUT2D eigenvalue weighted by atomic mass is 16.5. The Kier molecular flexibility index (Phi) is 3.55. The predicted molar refractivity (Wildman–Crippen MR) is 74.4 cm³/mol. The molecule has 2 aliphatic heterocycles. The van der Waals surface area contributed by atoms with Gasteiger partial charge in [0.25, 0.3) is 0 Å². The molecule has 0 saturated carbocycles. The lowest BCUT2D eigenvalue weighted by atomic mass is 10.00. The molecule has 2 unspecified atom stereocenters. The van der Waals surface area contributed by atoms with E-state index in [-0.39, 0.29) is 6.10 Å². The first-order valence-electron chi connectivity index (χ1n) is 7.20. The van der Waals surface area contributed by atoms with Gasteiger partial charge in [0, 0.05) is 24.2 Å². The van der Waals surface area contributed by atoms with E-state index >= 15 is 0 Å². The second-order valence-electron chi connectivity index (χ2n) is 5.86. The molecule has 3 heterocycles. The summed E-state index contributed by atoms with van der Waals surface area (Å²) in [6, 6.07) is 3.78. The summed E-state index contributed by atoms with van der Waals surface area (Å²) in [7, 11) is 0. The summed E-state index contributed by atoms with van der Waals surface area (Å²) in [6.45, 7) is 4.00. The van der Waals surface area contributed by atoms with Gasteiger partial charge in [-0.1, -0.05) is 0 Å². The van der Waals surface area contributed by atoms with E-state index in [2.05, 4.69) is 20.6 Å². The lowest BCUT2D eigenvalue weighted by Crippen LogP contribution is -2.43. The van der Waals surface area contributed by atoms with E-state index in [9.17, 15) is 0 Å². The molecule has 2 saturated heterocycles. The maximum absolute atomic E-state index is 5.60. The van der Waals surface area contributed by atoms with Gasteiger partial charge in [-0.3, -0.25) is 0 Å². The summed E-state index contributed by atoms with van der Waals surface area (Å²) in [4.78, 5) is 8.42. The second-order valence-corrected chi connectivity index (χ2v) is 5.86. The predicted octanol–water partition coefficient (Wildman–Crippen LogP) is 1.96. The number of hydrogen-bond donors (Lipinski definition) is 2. The van der Waals surface area contributed by atoms with Crippen molar-refractivity contribution in [3.05, 3.63) is 12.4 Å². The van der Waals surface area contributed by atoms with E-state index in [1.54, 1.807) is 6.33 Å². The molecule has 0 spiro atoms. The van der Waals surface area contributed by atoms with Crippen LogP contribution in [0.1, 0.15) is 39.5 Å². The molecule has 0 radical (unpaired) electrons. The highest BCUT2D eigenvalue weighted by Crippen LogP contribution is 2.28. The van der Waals surface area contributed by atoms with Crippen molar-refractivity contribution in [3.63, 3.8) is 0 Å². The Morgan fingerprint density at radius 2 is 2.00 bits per heavy atom. The minimum atomic E-state index is 0.137. The molecule has 2 aliphatic rings. The Labute approximate surface area is 114 Å². The summed E-state index contributed by atoms with van der Waals surface area (Å²) in [6.07, 6.45) is 6.69. The van der Waals surface area contributed by atoms with Crippen molar-refractivity contribution in [1.29, 1.82) is 0 Å². The number of aromatic nitrogens is 2. The number of nitrogens with zero attached hydrogens (tertiary/aromatic N) is 2. The van der Waals surface area contributed by atoms with E-state index in [4.69, 9.17) is 4.74 Å². The summed E-state index contributed by atoms with van der Waals surface area (Å²) in [5, 5.41) is 7.17. The van der Waals surface area contributed by atoms with E-state index < -0.39 is 0 Å². The van der Waals surface area contributed by atoms with Crippen LogP contribution < -0.4 is 15.4 Å². The van der Waals surface area contributed by atoms with Gasteiger partial charge in [-0.05, 0) is 39.5 Å². The Bertz CT molecular complexity index is 425. The monoisotopic (exact) mass is 262 g/mol. The average molecular weight is 262 g/mol. The van der Waals surface area contributed by atoms with Gasteiger partial charge in [-0.2, -0.15) is 0 Å². The van der Waals surface area contributed by atoms with Crippen LogP contribution >= 0.6 is 0 Å². The van der Waals surface area contributed by atoms with Crippen LogP contribution in [0.5, 0.6) is 5.88 Å². The van der Waals surface area contributed by atoms with Gasteiger partial charge in [0.05, 0.1) is 6.10 Å². The molecular weight excluding hydrogens is 240 g/mol. The molecule has 104 valence electrons. The molecule has 2 atom stereocenters. The van der Waals surface area contributed by atoms with Crippen LogP contribution in [-0.2, 0) is 0 Å². The number of fused-ring (bicyclic) bond motifs is 2. The van der Waals surface area contributed by atoms with Crippen LogP contribution in [0.3, 0.4) is 0 Å². The van der Waals surface area contributed by atoms with Gasteiger partial charge in [-0.25, -0.2) is 9.97 Å². The Balaban J connectivity index is 1.63. The molecule has 1 aromatic rings. The quantitative estimate of drug-likeness (QED) is 0.868. The molecule has 2 bridgehead atoms. The number of ether oxygens (including phenoxy) is 1. The first kappa shape index (κ1) is 12.7. The molecule has 2 fully saturated rings. The number of piperidine rings is 1. The summed E-state index contributed by atoms with van der Waals surface area (Å²) in [5.74, 6) is 1.52. The van der Waals surface area contributed by atoms with Crippen molar-refractivity contribution >= 4 is 5.82 Å². The van der Waals surface area contributed by atoms with Gasteiger partial charge in [-0.15, -0.1) is 0 Å². The zero-order valence-electron chi connectivity index (χ0n) is 11.6. The fourth-order valence-corrected chi connectivity index (χ4v) is 3.11. The Morgan fingerprint density at radius 1 is 1.26 bits per heavy atom. The molecule has 0 amide bonds. The van der Waals surface area contributed by atoms with E-state index in [0.29, 0.717) is 24.0 Å². The van der Waals surface area contributed by atoms with Crippen molar-refractivity contribution in [2.45, 2.75) is 63.8 Å². The molecule has 0 aliphatic carbocycles. The molecule has 1 aromatic heterocycles. The van der Waals surface area contributed by atoms with Crippen molar-refractivity contribution in [1.82, 2.24) is 15.3 Å². The van der Waals surface area contributed by atoms with Crippen LogP contribution in [0, 0.1) is 0 Å². The molecule has 2 N–H and O–H groups in total. The van der Waals surface area contributed by atoms with Crippen LogP contribution in [0.4, 0.5) is 5.82 Å². The van der Waals surface area contributed by atoms with Crippen molar-refractivity contribution in [2.75, 3.05) is 5.32 Å². The molecule has 5 heteroatoms. The third kappa shape index (κ3) is 3.15. The highest BCUT2D eigenvalue weighted by molar-refractivity contribution is 5.38. The number of nitrogens with one attached hydrogen (secondary N) is 2. The number of rotatable bonds is 4. The van der Waals surface area contributed by atoms with Crippen molar-refractivity contribution < 1.29 is 4.74 Å². The maximum atomic E-state index is 5.60. The van der Waals surface area contributed by atoms with Crippen LogP contribution in [0.2, 0.25) is 0 Å². The topological polar surface area (TPSA) is 59.1 Å². The zero-order valence-corrected chi connectivity index (χ0v) is 11.6. The molecule has 0 aromatic carbocycles. The van der Waals surface area contributed by atoms with Crippen LogP contribution in [0.25, 0.3) is 0 Å². The molecule has 3 rings (SSSR count). The minimum absolute atomic E-state index is 0.137. The number of anilines is 1. The fourth-order valence-electron chi connectivity index (χ4n) is 3.11. The van der Waals surface area contributed by atoms with Gasteiger partial charge >= 0.3 is 0 Å². The standard InChI is InChI=1S/C14H22N4O/c1-9(2)19-14-7-13(15-8-16-14)18-12-5-10-3-4-11(6-12)17-10/h7-12,17H,3-6H2,1-2H3,(H,15,16,18).